The summed E-state index contributed by atoms with van der Waals surface area (Å²) in [7, 11) is 0. The van der Waals surface area contributed by atoms with Gasteiger partial charge in [0, 0.05) is 40.6 Å². The van der Waals surface area contributed by atoms with Gasteiger partial charge in [-0.05, 0) is 60.7 Å². The number of hydrogen-bond acceptors (Lipinski definition) is 3. The van der Waals surface area contributed by atoms with Crippen molar-refractivity contribution in [1.29, 1.82) is 0 Å². The fourth-order valence-electron chi connectivity index (χ4n) is 3.94. The molecule has 7 heteroatoms. The summed E-state index contributed by atoms with van der Waals surface area (Å²) in [4.78, 5) is 16.3. The number of anilines is 1. The third-order valence-electron chi connectivity index (χ3n) is 5.84. The normalized spacial score (nSPS) is 14.4. The van der Waals surface area contributed by atoms with Gasteiger partial charge in [-0.3, -0.25) is 4.98 Å². The second-order valence-corrected chi connectivity index (χ2v) is 8.16. The highest BCUT2D eigenvalue weighted by molar-refractivity contribution is 5.85. The first kappa shape index (κ1) is 20.2. The highest BCUT2D eigenvalue weighted by Gasteiger charge is 2.26. The van der Waals surface area contributed by atoms with E-state index in [4.69, 9.17) is 0 Å². The van der Waals surface area contributed by atoms with Crippen LogP contribution in [0.15, 0.2) is 67.0 Å². The second kappa shape index (κ2) is 8.07. The van der Waals surface area contributed by atoms with Gasteiger partial charge in [-0.25, -0.2) is 13.6 Å². The van der Waals surface area contributed by atoms with E-state index in [1.54, 1.807) is 18.3 Å². The van der Waals surface area contributed by atoms with Gasteiger partial charge in [-0.15, -0.1) is 0 Å². The summed E-state index contributed by atoms with van der Waals surface area (Å²) in [5, 5.41) is 13.7. The van der Waals surface area contributed by atoms with Crippen molar-refractivity contribution in [2.75, 3.05) is 5.32 Å². The van der Waals surface area contributed by atoms with Crippen LogP contribution in [-0.4, -0.2) is 20.6 Å². The Morgan fingerprint density at radius 3 is 2.66 bits per heavy atom. The van der Waals surface area contributed by atoms with Crippen molar-refractivity contribution in [1.82, 2.24) is 9.55 Å². The number of fused-ring (bicyclic) bond motifs is 1. The molecule has 0 amide bonds. The Morgan fingerprint density at radius 2 is 1.97 bits per heavy atom. The number of carboxylic acid groups (broad SMARTS) is 1. The van der Waals surface area contributed by atoms with Crippen LogP contribution < -0.4 is 5.32 Å². The maximum Gasteiger partial charge on any atom is 0.332 e. The molecule has 2 heterocycles. The number of halogens is 2. The van der Waals surface area contributed by atoms with Crippen LogP contribution in [0.2, 0.25) is 0 Å². The Bertz CT molecular complexity index is 1300. The van der Waals surface area contributed by atoms with Crippen LogP contribution in [0.3, 0.4) is 0 Å². The first-order chi connectivity index (χ1) is 15.5. The second-order valence-electron chi connectivity index (χ2n) is 8.16. The largest absolute Gasteiger partial charge is 0.479 e. The lowest BCUT2D eigenvalue weighted by Gasteiger charge is -2.16. The quantitative estimate of drug-likeness (QED) is 0.405. The third-order valence-corrected chi connectivity index (χ3v) is 5.84. The number of carboxylic acids is 1. The standard InChI is InChI=1S/C25H21F2N3O2/c26-19-5-3-18(21(27)12-19)14-30-10-9-16-11-20(6-8-23(16)30)29-24(25(31)32)22-7-4-17(13-28-22)15-1-2-15/h3-13,15,24,29H,1-2,14H2,(H,31,32). The van der Waals surface area contributed by atoms with Crippen LogP contribution in [-0.2, 0) is 11.3 Å². The van der Waals surface area contributed by atoms with Crippen molar-refractivity contribution in [2.45, 2.75) is 31.3 Å². The highest BCUT2D eigenvalue weighted by Crippen LogP contribution is 2.39. The summed E-state index contributed by atoms with van der Waals surface area (Å²) in [6.07, 6.45) is 5.91. The van der Waals surface area contributed by atoms with E-state index in [1.807, 2.05) is 35.0 Å². The summed E-state index contributed by atoms with van der Waals surface area (Å²) >= 11 is 0. The Balaban J connectivity index is 1.37. The average Bonchev–Trinajstić information content (AvgIpc) is 3.55. The number of pyridine rings is 1. The smallest absolute Gasteiger partial charge is 0.332 e. The van der Waals surface area contributed by atoms with Crippen molar-refractivity contribution in [3.05, 3.63) is 95.4 Å². The molecule has 32 heavy (non-hydrogen) atoms. The van der Waals surface area contributed by atoms with Gasteiger partial charge in [0.15, 0.2) is 6.04 Å². The van der Waals surface area contributed by atoms with Gasteiger partial charge < -0.3 is 15.0 Å². The van der Waals surface area contributed by atoms with Crippen LogP contribution >= 0.6 is 0 Å². The van der Waals surface area contributed by atoms with Gasteiger partial charge in [0.05, 0.1) is 12.2 Å². The van der Waals surface area contributed by atoms with Crippen molar-refractivity contribution in [2.24, 2.45) is 0 Å². The molecule has 2 aromatic carbocycles. The minimum absolute atomic E-state index is 0.261. The summed E-state index contributed by atoms with van der Waals surface area (Å²) in [5.74, 6) is -1.65. The Hall–Kier alpha value is -3.74. The molecule has 0 spiro atoms. The fourth-order valence-corrected chi connectivity index (χ4v) is 3.94. The molecule has 0 bridgehead atoms. The van der Waals surface area contributed by atoms with Crippen LogP contribution in [0.5, 0.6) is 0 Å². The first-order valence-corrected chi connectivity index (χ1v) is 10.5. The molecule has 2 N–H and O–H groups in total. The molecule has 1 fully saturated rings. The molecule has 162 valence electrons. The molecule has 0 radical (unpaired) electrons. The lowest BCUT2D eigenvalue weighted by Crippen LogP contribution is -2.21. The van der Waals surface area contributed by atoms with E-state index < -0.39 is 23.6 Å². The molecule has 1 aliphatic carbocycles. The average molecular weight is 433 g/mol. The lowest BCUT2D eigenvalue weighted by atomic mass is 10.1. The minimum atomic E-state index is -1.01. The van der Waals surface area contributed by atoms with E-state index in [-0.39, 0.29) is 6.54 Å². The SMILES string of the molecule is O=C(O)C(Nc1ccc2c(ccn2Cc2ccc(F)cc2F)c1)c1ccc(C2CC2)cn1. The van der Waals surface area contributed by atoms with Crippen LogP contribution in [0.1, 0.15) is 41.6 Å². The predicted molar refractivity (Wildman–Crippen MR) is 118 cm³/mol. The molecule has 1 aliphatic rings. The Morgan fingerprint density at radius 1 is 1.12 bits per heavy atom. The zero-order chi connectivity index (χ0) is 22.2. The van der Waals surface area contributed by atoms with E-state index in [0.717, 1.165) is 35.4 Å². The lowest BCUT2D eigenvalue weighted by molar-refractivity contribution is -0.138. The summed E-state index contributed by atoms with van der Waals surface area (Å²) in [6.45, 7) is 0.261. The fraction of sp³-hybridized carbons (Fsp3) is 0.200. The monoisotopic (exact) mass is 433 g/mol. The van der Waals surface area contributed by atoms with Crippen molar-refractivity contribution in [3.63, 3.8) is 0 Å². The molecular weight excluding hydrogens is 412 g/mol. The van der Waals surface area contributed by atoms with E-state index in [1.165, 1.54) is 12.1 Å². The number of benzene rings is 2. The number of carbonyl (C=O) groups is 1. The molecule has 1 unspecified atom stereocenters. The van der Waals surface area contributed by atoms with Crippen molar-refractivity contribution < 1.29 is 18.7 Å². The van der Waals surface area contributed by atoms with E-state index in [2.05, 4.69) is 10.3 Å². The molecule has 5 rings (SSSR count). The molecule has 5 nitrogen and oxygen atoms in total. The molecule has 2 aromatic heterocycles. The molecule has 1 atom stereocenters. The minimum Gasteiger partial charge on any atom is -0.479 e. The maximum atomic E-state index is 14.0. The molecule has 1 saturated carbocycles. The molecule has 0 saturated heterocycles. The van der Waals surface area contributed by atoms with Gasteiger partial charge in [0.2, 0.25) is 0 Å². The van der Waals surface area contributed by atoms with Crippen molar-refractivity contribution >= 4 is 22.6 Å². The number of hydrogen-bond donors (Lipinski definition) is 2. The third kappa shape index (κ3) is 4.06. The predicted octanol–water partition coefficient (Wildman–Crippen LogP) is 5.48. The number of nitrogens with one attached hydrogen (secondary N) is 1. The zero-order valence-electron chi connectivity index (χ0n) is 17.1. The van der Waals surface area contributed by atoms with Gasteiger partial charge in [0.1, 0.15) is 11.6 Å². The van der Waals surface area contributed by atoms with Crippen molar-refractivity contribution in [3.8, 4) is 0 Å². The first-order valence-electron chi connectivity index (χ1n) is 10.5. The number of nitrogens with zero attached hydrogens (tertiary/aromatic N) is 2. The molecule has 0 aliphatic heterocycles. The zero-order valence-corrected chi connectivity index (χ0v) is 17.1. The van der Waals surface area contributed by atoms with Gasteiger partial charge in [-0.1, -0.05) is 12.1 Å². The Labute approximate surface area is 183 Å². The van der Waals surface area contributed by atoms with E-state index in [9.17, 15) is 18.7 Å². The van der Waals surface area contributed by atoms with E-state index in [0.29, 0.717) is 22.9 Å². The summed E-state index contributed by atoms with van der Waals surface area (Å²) in [5.41, 5.74) is 3.49. The molecular formula is C25H21F2N3O2. The van der Waals surface area contributed by atoms with Gasteiger partial charge in [-0.2, -0.15) is 0 Å². The maximum absolute atomic E-state index is 14.0. The van der Waals surface area contributed by atoms with Crippen LogP contribution in [0, 0.1) is 11.6 Å². The van der Waals surface area contributed by atoms with Crippen LogP contribution in [0.4, 0.5) is 14.5 Å². The number of rotatable bonds is 7. The number of aromatic nitrogens is 2. The Kier molecular flexibility index (Phi) is 5.09. The van der Waals surface area contributed by atoms with Crippen LogP contribution in [0.25, 0.3) is 10.9 Å². The summed E-state index contributed by atoms with van der Waals surface area (Å²) in [6, 6.07) is 13.7. The number of aliphatic carboxylic acids is 1. The molecule has 4 aromatic rings. The van der Waals surface area contributed by atoms with E-state index >= 15 is 0 Å². The van der Waals surface area contributed by atoms with Gasteiger partial charge >= 0.3 is 5.97 Å². The van der Waals surface area contributed by atoms with Gasteiger partial charge in [0.25, 0.3) is 0 Å². The summed E-state index contributed by atoms with van der Waals surface area (Å²) < 4.78 is 29.1. The highest BCUT2D eigenvalue weighted by atomic mass is 19.1. The topological polar surface area (TPSA) is 67.2 Å².